The van der Waals surface area contributed by atoms with E-state index >= 15 is 0 Å². The maximum atomic E-state index is 11.5. The third-order valence-corrected chi connectivity index (χ3v) is 3.00. The molecule has 0 aliphatic rings. The Hall–Kier alpha value is -0.970. The molecule has 19 heavy (non-hydrogen) atoms. The quantitative estimate of drug-likeness (QED) is 0.761. The van der Waals surface area contributed by atoms with Crippen LogP contribution in [0.2, 0.25) is 10.0 Å². The summed E-state index contributed by atoms with van der Waals surface area (Å²) < 4.78 is 5.42. The van der Waals surface area contributed by atoms with Crippen molar-refractivity contribution in [3.63, 3.8) is 0 Å². The number of nitrogens with one attached hydrogen (secondary N) is 1. The van der Waals surface area contributed by atoms with Gasteiger partial charge in [-0.3, -0.25) is 4.79 Å². The van der Waals surface area contributed by atoms with Gasteiger partial charge in [0.2, 0.25) is 0 Å². The molecule has 0 aliphatic heterocycles. The summed E-state index contributed by atoms with van der Waals surface area (Å²) in [6.07, 6.45) is 1.98. The Bertz CT molecular complexity index is 439. The number of ether oxygens (including phenoxy) is 1. The molecular weight excluding hydrogens is 287 g/mol. The maximum Gasteiger partial charge on any atom is 0.257 e. The first-order valence-electron chi connectivity index (χ1n) is 6.16. The third kappa shape index (κ3) is 5.27. The topological polar surface area (TPSA) is 64.3 Å². The number of carbonyl (C=O) groups excluding carboxylic acids is 1. The molecule has 0 aliphatic carbocycles. The molecule has 0 heterocycles. The predicted octanol–water partition coefficient (Wildman–Crippen LogP) is 2.75. The van der Waals surface area contributed by atoms with Gasteiger partial charge in [0.05, 0.1) is 5.02 Å². The van der Waals surface area contributed by atoms with Crippen LogP contribution in [-0.2, 0) is 11.3 Å². The molecule has 0 aromatic heterocycles. The van der Waals surface area contributed by atoms with Crippen LogP contribution in [-0.4, -0.2) is 19.1 Å². The first-order valence-corrected chi connectivity index (χ1v) is 6.91. The fourth-order valence-corrected chi connectivity index (χ4v) is 2.11. The number of carbonyl (C=O) groups is 1. The molecule has 0 spiro atoms. The van der Waals surface area contributed by atoms with Gasteiger partial charge in [-0.1, -0.05) is 36.5 Å². The summed E-state index contributed by atoms with van der Waals surface area (Å²) in [6.45, 7) is 2.87. The van der Waals surface area contributed by atoms with Crippen molar-refractivity contribution in [2.24, 2.45) is 5.73 Å². The molecule has 1 aromatic rings. The molecule has 4 nitrogen and oxygen atoms in total. The molecule has 0 unspecified atom stereocenters. The van der Waals surface area contributed by atoms with E-state index in [1.165, 1.54) is 0 Å². The van der Waals surface area contributed by atoms with E-state index in [4.69, 9.17) is 33.7 Å². The molecule has 0 bridgehead atoms. The molecule has 1 rings (SSSR count). The molecule has 1 amide bonds. The van der Waals surface area contributed by atoms with Crippen molar-refractivity contribution >= 4 is 29.1 Å². The second kappa shape index (κ2) is 8.25. The largest absolute Gasteiger partial charge is 0.482 e. The summed E-state index contributed by atoms with van der Waals surface area (Å²) in [4.78, 5) is 11.5. The van der Waals surface area contributed by atoms with Gasteiger partial charge in [0.25, 0.3) is 5.91 Å². The molecule has 0 atom stereocenters. The zero-order chi connectivity index (χ0) is 14.3. The number of unbranched alkanes of at least 4 members (excludes halogenated alkanes) is 1. The van der Waals surface area contributed by atoms with Crippen LogP contribution in [0, 0.1) is 0 Å². The van der Waals surface area contributed by atoms with Crippen molar-refractivity contribution in [3.8, 4) is 5.75 Å². The van der Waals surface area contributed by atoms with Crippen LogP contribution in [0.25, 0.3) is 0 Å². The van der Waals surface area contributed by atoms with E-state index in [2.05, 4.69) is 12.2 Å². The van der Waals surface area contributed by atoms with Gasteiger partial charge in [-0.15, -0.1) is 0 Å². The highest BCUT2D eigenvalue weighted by Gasteiger charge is 2.11. The minimum absolute atomic E-state index is 0.0853. The smallest absolute Gasteiger partial charge is 0.257 e. The van der Waals surface area contributed by atoms with Gasteiger partial charge in [0.1, 0.15) is 5.75 Å². The zero-order valence-electron chi connectivity index (χ0n) is 10.8. The monoisotopic (exact) mass is 304 g/mol. The minimum Gasteiger partial charge on any atom is -0.482 e. The van der Waals surface area contributed by atoms with Gasteiger partial charge in [-0.05, 0) is 18.6 Å². The van der Waals surface area contributed by atoms with Gasteiger partial charge in [-0.2, -0.15) is 0 Å². The predicted molar refractivity (Wildman–Crippen MR) is 77.8 cm³/mol. The van der Waals surface area contributed by atoms with Crippen LogP contribution in [0.1, 0.15) is 25.3 Å². The SMILES string of the molecule is CCCCNC(=O)COc1c(Cl)cc(Cl)cc1CN. The molecule has 0 fully saturated rings. The lowest BCUT2D eigenvalue weighted by Crippen LogP contribution is -2.29. The summed E-state index contributed by atoms with van der Waals surface area (Å²) in [7, 11) is 0. The van der Waals surface area contributed by atoms with E-state index < -0.39 is 0 Å². The summed E-state index contributed by atoms with van der Waals surface area (Å²) in [5, 5.41) is 3.60. The van der Waals surface area contributed by atoms with E-state index in [-0.39, 0.29) is 19.1 Å². The number of benzene rings is 1. The Kier molecular flexibility index (Phi) is 6.99. The molecule has 6 heteroatoms. The maximum absolute atomic E-state index is 11.5. The van der Waals surface area contributed by atoms with Gasteiger partial charge in [-0.25, -0.2) is 0 Å². The molecule has 1 aromatic carbocycles. The van der Waals surface area contributed by atoms with Gasteiger partial charge >= 0.3 is 0 Å². The van der Waals surface area contributed by atoms with Crippen LogP contribution in [0.5, 0.6) is 5.75 Å². The first kappa shape index (κ1) is 16.1. The average Bonchev–Trinajstić information content (AvgIpc) is 2.37. The number of rotatable bonds is 7. The average molecular weight is 305 g/mol. The van der Waals surface area contributed by atoms with Gasteiger partial charge < -0.3 is 15.8 Å². The Labute approximate surface area is 123 Å². The van der Waals surface area contributed by atoms with Crippen molar-refractivity contribution in [1.29, 1.82) is 0 Å². The molecule has 0 saturated carbocycles. The number of nitrogens with two attached hydrogens (primary N) is 1. The van der Waals surface area contributed by atoms with Crippen molar-refractivity contribution < 1.29 is 9.53 Å². The van der Waals surface area contributed by atoms with Crippen molar-refractivity contribution in [2.75, 3.05) is 13.2 Å². The van der Waals surface area contributed by atoms with Crippen molar-refractivity contribution in [1.82, 2.24) is 5.32 Å². The number of amides is 1. The van der Waals surface area contributed by atoms with E-state index in [0.717, 1.165) is 12.8 Å². The lowest BCUT2D eigenvalue weighted by Gasteiger charge is -2.12. The summed E-state index contributed by atoms with van der Waals surface area (Å²) in [6, 6.07) is 3.24. The highest BCUT2D eigenvalue weighted by atomic mass is 35.5. The summed E-state index contributed by atoms with van der Waals surface area (Å²) in [5.74, 6) is 0.238. The molecule has 0 radical (unpaired) electrons. The van der Waals surface area contributed by atoms with Gasteiger partial charge in [0, 0.05) is 23.7 Å². The van der Waals surface area contributed by atoms with E-state index in [9.17, 15) is 4.79 Å². The fourth-order valence-electron chi connectivity index (χ4n) is 1.52. The van der Waals surface area contributed by atoms with Crippen LogP contribution < -0.4 is 15.8 Å². The Morgan fingerprint density at radius 2 is 2.16 bits per heavy atom. The fraction of sp³-hybridized carbons (Fsp3) is 0.462. The molecule has 106 valence electrons. The van der Waals surface area contributed by atoms with Crippen LogP contribution in [0.4, 0.5) is 0 Å². The van der Waals surface area contributed by atoms with Crippen molar-refractivity contribution in [2.45, 2.75) is 26.3 Å². The Morgan fingerprint density at radius 1 is 1.42 bits per heavy atom. The lowest BCUT2D eigenvalue weighted by atomic mass is 10.2. The molecular formula is C13H18Cl2N2O2. The molecule has 0 saturated heterocycles. The second-order valence-electron chi connectivity index (χ2n) is 4.07. The highest BCUT2D eigenvalue weighted by molar-refractivity contribution is 6.35. The van der Waals surface area contributed by atoms with Crippen LogP contribution in [0.3, 0.4) is 0 Å². The minimum atomic E-state index is -0.178. The third-order valence-electron chi connectivity index (χ3n) is 2.51. The van der Waals surface area contributed by atoms with E-state index in [1.54, 1.807) is 12.1 Å². The second-order valence-corrected chi connectivity index (χ2v) is 4.92. The highest BCUT2D eigenvalue weighted by Crippen LogP contribution is 2.32. The van der Waals surface area contributed by atoms with Gasteiger partial charge in [0.15, 0.2) is 6.61 Å². The van der Waals surface area contributed by atoms with Crippen molar-refractivity contribution in [3.05, 3.63) is 27.7 Å². The zero-order valence-corrected chi connectivity index (χ0v) is 12.4. The van der Waals surface area contributed by atoms with E-state index in [1.807, 2.05) is 0 Å². The lowest BCUT2D eigenvalue weighted by molar-refractivity contribution is -0.123. The summed E-state index contributed by atoms with van der Waals surface area (Å²) >= 11 is 11.9. The van der Waals surface area contributed by atoms with Crippen LogP contribution in [0.15, 0.2) is 12.1 Å². The first-order chi connectivity index (χ1) is 9.08. The number of halogens is 2. The Balaban J connectivity index is 2.60. The number of hydrogen-bond donors (Lipinski definition) is 2. The van der Waals surface area contributed by atoms with E-state index in [0.29, 0.717) is 27.9 Å². The normalized spacial score (nSPS) is 10.3. The molecule has 3 N–H and O–H groups in total. The standard InChI is InChI=1S/C13H18Cl2N2O2/c1-2-3-4-17-12(18)8-19-13-9(7-16)5-10(14)6-11(13)15/h5-6H,2-4,7-8,16H2,1H3,(H,17,18). The Morgan fingerprint density at radius 3 is 2.79 bits per heavy atom. The summed E-state index contributed by atoms with van der Waals surface area (Å²) in [5.41, 5.74) is 6.27. The van der Waals surface area contributed by atoms with Crippen LogP contribution >= 0.6 is 23.2 Å². The number of hydrogen-bond acceptors (Lipinski definition) is 3.